The molecule has 0 bridgehead atoms. The van der Waals surface area contributed by atoms with E-state index >= 15 is 0 Å². The number of amides is 1. The van der Waals surface area contributed by atoms with Crippen molar-refractivity contribution in [1.29, 1.82) is 0 Å². The van der Waals surface area contributed by atoms with Crippen LogP contribution in [0.3, 0.4) is 0 Å². The fraction of sp³-hybridized carbons (Fsp3) is 0.190. The SMILES string of the molecule is CC(C)Oc1cccc(/C=C2/SC(=Nc3cccc(C(=O)O)c3)N(C)C2=O)c1. The Hall–Kier alpha value is -3.06. The Morgan fingerprint density at radius 1 is 1.21 bits per heavy atom. The van der Waals surface area contributed by atoms with Gasteiger partial charge in [0.2, 0.25) is 0 Å². The molecule has 0 spiro atoms. The molecule has 1 saturated heterocycles. The van der Waals surface area contributed by atoms with E-state index in [4.69, 9.17) is 9.84 Å². The third-order valence-electron chi connectivity index (χ3n) is 3.85. The van der Waals surface area contributed by atoms with Crippen molar-refractivity contribution in [2.24, 2.45) is 4.99 Å². The molecule has 3 rings (SSSR count). The van der Waals surface area contributed by atoms with Crippen LogP contribution in [0.25, 0.3) is 6.08 Å². The molecule has 0 atom stereocenters. The molecule has 0 unspecified atom stereocenters. The first-order valence-corrected chi connectivity index (χ1v) is 9.51. The van der Waals surface area contributed by atoms with Gasteiger partial charge in [-0.3, -0.25) is 9.69 Å². The summed E-state index contributed by atoms with van der Waals surface area (Å²) in [7, 11) is 1.65. The van der Waals surface area contributed by atoms with Crippen LogP contribution in [0.1, 0.15) is 29.8 Å². The molecule has 0 aliphatic carbocycles. The van der Waals surface area contributed by atoms with E-state index in [1.807, 2.05) is 38.1 Å². The fourth-order valence-corrected chi connectivity index (χ4v) is 3.56. The number of carbonyl (C=O) groups is 2. The fourth-order valence-electron chi connectivity index (χ4n) is 2.57. The monoisotopic (exact) mass is 396 g/mol. The molecule has 0 radical (unpaired) electrons. The topological polar surface area (TPSA) is 79.2 Å². The minimum absolute atomic E-state index is 0.0665. The number of amidine groups is 1. The molecule has 2 aromatic carbocycles. The summed E-state index contributed by atoms with van der Waals surface area (Å²) in [5.41, 5.74) is 1.49. The van der Waals surface area contributed by atoms with Crippen molar-refractivity contribution >= 4 is 40.6 Å². The Bertz CT molecular complexity index is 982. The van der Waals surface area contributed by atoms with Gasteiger partial charge in [-0.15, -0.1) is 0 Å². The summed E-state index contributed by atoms with van der Waals surface area (Å²) in [6.45, 7) is 3.91. The summed E-state index contributed by atoms with van der Waals surface area (Å²) >= 11 is 1.25. The van der Waals surface area contributed by atoms with Crippen molar-refractivity contribution in [2.45, 2.75) is 20.0 Å². The number of carboxylic acids is 1. The van der Waals surface area contributed by atoms with E-state index in [1.54, 1.807) is 25.3 Å². The first-order valence-electron chi connectivity index (χ1n) is 8.70. The van der Waals surface area contributed by atoms with E-state index < -0.39 is 5.97 Å². The Morgan fingerprint density at radius 3 is 2.68 bits per heavy atom. The molecule has 7 heteroatoms. The molecular weight excluding hydrogens is 376 g/mol. The zero-order valence-electron chi connectivity index (χ0n) is 15.7. The maximum absolute atomic E-state index is 12.6. The second-order valence-corrected chi connectivity index (χ2v) is 7.47. The number of ether oxygens (including phenoxy) is 1. The number of rotatable bonds is 5. The number of aliphatic imine (C=N–C) groups is 1. The maximum Gasteiger partial charge on any atom is 0.335 e. The lowest BCUT2D eigenvalue weighted by Crippen LogP contribution is -2.23. The average Bonchev–Trinajstić information content (AvgIpc) is 2.89. The molecule has 144 valence electrons. The van der Waals surface area contributed by atoms with Crippen molar-refractivity contribution in [1.82, 2.24) is 4.90 Å². The zero-order valence-corrected chi connectivity index (χ0v) is 16.6. The summed E-state index contributed by atoms with van der Waals surface area (Å²) < 4.78 is 5.69. The number of nitrogens with zero attached hydrogens (tertiary/aromatic N) is 2. The molecule has 0 saturated carbocycles. The Balaban J connectivity index is 1.86. The van der Waals surface area contributed by atoms with Gasteiger partial charge in [0.15, 0.2) is 5.17 Å². The minimum atomic E-state index is -1.02. The van der Waals surface area contributed by atoms with Crippen LogP contribution < -0.4 is 4.74 Å². The van der Waals surface area contributed by atoms with Crippen LogP contribution in [0, 0.1) is 0 Å². The van der Waals surface area contributed by atoms with E-state index in [9.17, 15) is 9.59 Å². The van der Waals surface area contributed by atoms with Gasteiger partial charge in [0.25, 0.3) is 5.91 Å². The van der Waals surface area contributed by atoms with Crippen LogP contribution in [-0.4, -0.2) is 40.2 Å². The number of likely N-dealkylation sites (N-methyl/N-ethyl adjacent to an activating group) is 1. The predicted molar refractivity (Wildman–Crippen MR) is 111 cm³/mol. The molecule has 1 aliphatic heterocycles. The molecule has 1 amide bonds. The molecular formula is C21H20N2O4S. The van der Waals surface area contributed by atoms with Gasteiger partial charge in [-0.1, -0.05) is 18.2 Å². The Kier molecular flexibility index (Phi) is 5.84. The quantitative estimate of drug-likeness (QED) is 0.758. The van der Waals surface area contributed by atoms with Crippen LogP contribution in [-0.2, 0) is 4.79 Å². The standard InChI is InChI=1S/C21H20N2O4S/c1-13(2)27-17-9-4-6-14(10-17)11-18-19(24)23(3)21(28-18)22-16-8-5-7-15(12-16)20(25)26/h4-13H,1-3H3,(H,25,26)/b18-11+,22-21?. The molecule has 1 aliphatic rings. The van der Waals surface area contributed by atoms with Crippen LogP contribution in [0.15, 0.2) is 58.4 Å². The van der Waals surface area contributed by atoms with Crippen molar-refractivity contribution < 1.29 is 19.4 Å². The molecule has 2 aromatic rings. The Labute approximate surface area is 167 Å². The third kappa shape index (κ3) is 4.61. The second-order valence-electron chi connectivity index (χ2n) is 6.46. The number of thioether (sulfide) groups is 1. The smallest absolute Gasteiger partial charge is 0.335 e. The van der Waals surface area contributed by atoms with E-state index in [0.29, 0.717) is 15.8 Å². The largest absolute Gasteiger partial charge is 0.491 e. The number of aromatic carboxylic acids is 1. The molecule has 1 heterocycles. The number of carboxylic acid groups (broad SMARTS) is 1. The van der Waals surface area contributed by atoms with E-state index in [0.717, 1.165) is 11.3 Å². The van der Waals surface area contributed by atoms with Gasteiger partial charge in [-0.05, 0) is 67.6 Å². The molecule has 28 heavy (non-hydrogen) atoms. The van der Waals surface area contributed by atoms with Crippen molar-refractivity contribution in [3.05, 3.63) is 64.6 Å². The molecule has 1 N–H and O–H groups in total. The highest BCUT2D eigenvalue weighted by atomic mass is 32.2. The molecule has 1 fully saturated rings. The lowest BCUT2D eigenvalue weighted by molar-refractivity contribution is -0.121. The minimum Gasteiger partial charge on any atom is -0.491 e. The van der Waals surface area contributed by atoms with E-state index in [1.165, 1.54) is 28.8 Å². The summed E-state index contributed by atoms with van der Waals surface area (Å²) in [6, 6.07) is 13.8. The van der Waals surface area contributed by atoms with Crippen molar-refractivity contribution in [3.63, 3.8) is 0 Å². The average molecular weight is 396 g/mol. The van der Waals surface area contributed by atoms with Gasteiger partial charge in [-0.25, -0.2) is 9.79 Å². The predicted octanol–water partition coefficient (Wildman–Crippen LogP) is 4.41. The van der Waals surface area contributed by atoms with Crippen molar-refractivity contribution in [3.8, 4) is 5.75 Å². The van der Waals surface area contributed by atoms with Crippen LogP contribution in [0.2, 0.25) is 0 Å². The van der Waals surface area contributed by atoms with Gasteiger partial charge >= 0.3 is 5.97 Å². The highest BCUT2D eigenvalue weighted by Gasteiger charge is 2.30. The molecule has 6 nitrogen and oxygen atoms in total. The highest BCUT2D eigenvalue weighted by Crippen LogP contribution is 2.33. The van der Waals surface area contributed by atoms with Crippen LogP contribution in [0.4, 0.5) is 5.69 Å². The summed E-state index contributed by atoms with van der Waals surface area (Å²) in [5.74, 6) is -0.435. The first-order chi connectivity index (χ1) is 13.3. The summed E-state index contributed by atoms with van der Waals surface area (Å²) in [5, 5.41) is 9.60. The van der Waals surface area contributed by atoms with Gasteiger partial charge in [0.05, 0.1) is 22.3 Å². The number of carbonyl (C=O) groups excluding carboxylic acids is 1. The maximum atomic E-state index is 12.6. The Morgan fingerprint density at radius 2 is 1.96 bits per heavy atom. The number of hydrogen-bond acceptors (Lipinski definition) is 5. The van der Waals surface area contributed by atoms with Crippen molar-refractivity contribution in [2.75, 3.05) is 7.05 Å². The lowest BCUT2D eigenvalue weighted by Gasteiger charge is -2.09. The molecule has 0 aromatic heterocycles. The highest BCUT2D eigenvalue weighted by molar-refractivity contribution is 8.18. The van der Waals surface area contributed by atoms with E-state index in [-0.39, 0.29) is 17.6 Å². The first kappa shape index (κ1) is 19.7. The van der Waals surface area contributed by atoms with Gasteiger partial charge in [-0.2, -0.15) is 0 Å². The van der Waals surface area contributed by atoms with Crippen LogP contribution in [0.5, 0.6) is 5.75 Å². The second kappa shape index (κ2) is 8.31. The van der Waals surface area contributed by atoms with Crippen LogP contribution >= 0.6 is 11.8 Å². The zero-order chi connectivity index (χ0) is 20.3. The van der Waals surface area contributed by atoms with Gasteiger partial charge < -0.3 is 9.84 Å². The number of benzene rings is 2. The summed E-state index contributed by atoms with van der Waals surface area (Å²) in [4.78, 5) is 30.1. The normalized spacial score (nSPS) is 17.0. The van der Waals surface area contributed by atoms with E-state index in [2.05, 4.69) is 4.99 Å². The summed E-state index contributed by atoms with van der Waals surface area (Å²) in [6.07, 6.45) is 1.86. The number of hydrogen-bond donors (Lipinski definition) is 1. The lowest BCUT2D eigenvalue weighted by atomic mass is 10.2. The van der Waals surface area contributed by atoms with Gasteiger partial charge in [0.1, 0.15) is 5.75 Å². The van der Waals surface area contributed by atoms with Gasteiger partial charge in [0, 0.05) is 7.05 Å². The third-order valence-corrected chi connectivity index (χ3v) is 4.91.